The summed E-state index contributed by atoms with van der Waals surface area (Å²) in [5.74, 6) is 0.980. The fourth-order valence-corrected chi connectivity index (χ4v) is 2.39. The van der Waals surface area contributed by atoms with Crippen LogP contribution in [-0.2, 0) is 17.9 Å². The van der Waals surface area contributed by atoms with E-state index < -0.39 is 0 Å². The van der Waals surface area contributed by atoms with Crippen molar-refractivity contribution in [1.29, 1.82) is 0 Å². The number of amides is 1. The summed E-state index contributed by atoms with van der Waals surface area (Å²) in [5.41, 5.74) is 2.55. The molecule has 116 valence electrons. The number of benzene rings is 1. The Morgan fingerprint density at radius 2 is 1.90 bits per heavy atom. The Morgan fingerprint density at radius 3 is 2.43 bits per heavy atom. The standard InChI is InChI=1S/C15H22N4O.HI/c1-16-15(17-2)18-9-5-8-14(20)19-10-12-6-3-4-7-13(12)11-19;/h3-4,6-7H,5,8-11H2,1-2H3,(H2,16,17,18);1H. The van der Waals surface area contributed by atoms with Gasteiger partial charge in [0.1, 0.15) is 0 Å². The summed E-state index contributed by atoms with van der Waals surface area (Å²) >= 11 is 0. The number of nitrogens with one attached hydrogen (secondary N) is 2. The number of halogens is 1. The molecule has 2 N–H and O–H groups in total. The van der Waals surface area contributed by atoms with E-state index in [4.69, 9.17) is 0 Å². The fourth-order valence-electron chi connectivity index (χ4n) is 2.39. The van der Waals surface area contributed by atoms with Crippen LogP contribution in [-0.4, -0.2) is 37.4 Å². The first-order valence-corrected chi connectivity index (χ1v) is 6.97. The maximum Gasteiger partial charge on any atom is 0.223 e. The maximum atomic E-state index is 12.1. The van der Waals surface area contributed by atoms with Crippen molar-refractivity contribution in [1.82, 2.24) is 15.5 Å². The summed E-state index contributed by atoms with van der Waals surface area (Å²) in [6.45, 7) is 2.25. The van der Waals surface area contributed by atoms with Crippen molar-refractivity contribution in [3.8, 4) is 0 Å². The van der Waals surface area contributed by atoms with E-state index in [1.54, 1.807) is 7.05 Å². The number of hydrogen-bond acceptors (Lipinski definition) is 2. The number of carbonyl (C=O) groups is 1. The van der Waals surface area contributed by atoms with Crippen molar-refractivity contribution in [2.75, 3.05) is 20.6 Å². The van der Waals surface area contributed by atoms with Crippen LogP contribution in [0.15, 0.2) is 29.3 Å². The topological polar surface area (TPSA) is 56.7 Å². The largest absolute Gasteiger partial charge is 0.359 e. The van der Waals surface area contributed by atoms with E-state index in [1.807, 2.05) is 24.1 Å². The summed E-state index contributed by atoms with van der Waals surface area (Å²) in [6, 6.07) is 8.25. The second-order valence-electron chi connectivity index (χ2n) is 4.87. The van der Waals surface area contributed by atoms with Crippen LogP contribution >= 0.6 is 24.0 Å². The van der Waals surface area contributed by atoms with Crippen LogP contribution < -0.4 is 10.6 Å². The average Bonchev–Trinajstić information content (AvgIpc) is 2.91. The molecule has 1 amide bonds. The molecular formula is C15H23IN4O. The molecule has 1 aromatic carbocycles. The van der Waals surface area contributed by atoms with Crippen molar-refractivity contribution in [2.24, 2.45) is 4.99 Å². The summed E-state index contributed by atoms with van der Waals surface area (Å²) < 4.78 is 0. The maximum absolute atomic E-state index is 12.1. The van der Waals surface area contributed by atoms with Gasteiger partial charge in [-0.15, -0.1) is 24.0 Å². The second kappa shape index (κ2) is 8.86. The zero-order chi connectivity index (χ0) is 14.4. The monoisotopic (exact) mass is 402 g/mol. The second-order valence-corrected chi connectivity index (χ2v) is 4.87. The molecule has 0 radical (unpaired) electrons. The third-order valence-corrected chi connectivity index (χ3v) is 3.51. The van der Waals surface area contributed by atoms with E-state index in [2.05, 4.69) is 27.8 Å². The summed E-state index contributed by atoms with van der Waals surface area (Å²) in [5, 5.41) is 6.10. The number of fused-ring (bicyclic) bond motifs is 1. The lowest BCUT2D eigenvalue weighted by Crippen LogP contribution is -2.35. The Labute approximate surface area is 143 Å². The molecule has 0 fully saturated rings. The lowest BCUT2D eigenvalue weighted by Gasteiger charge is -2.15. The van der Waals surface area contributed by atoms with Gasteiger partial charge >= 0.3 is 0 Å². The van der Waals surface area contributed by atoms with Crippen molar-refractivity contribution in [3.63, 3.8) is 0 Å². The Kier molecular flexibility index (Phi) is 7.49. The van der Waals surface area contributed by atoms with Gasteiger partial charge in [-0.05, 0) is 17.5 Å². The van der Waals surface area contributed by atoms with Crippen LogP contribution in [0.3, 0.4) is 0 Å². The Balaban J connectivity index is 0.00000220. The normalized spacial score (nSPS) is 13.4. The van der Waals surface area contributed by atoms with Crippen molar-refractivity contribution in [3.05, 3.63) is 35.4 Å². The lowest BCUT2D eigenvalue weighted by atomic mass is 10.1. The minimum Gasteiger partial charge on any atom is -0.359 e. The molecule has 0 saturated carbocycles. The number of guanidine groups is 1. The van der Waals surface area contributed by atoms with Gasteiger partial charge in [-0.3, -0.25) is 9.79 Å². The molecule has 2 rings (SSSR count). The molecule has 0 atom stereocenters. The number of nitrogens with zero attached hydrogens (tertiary/aromatic N) is 2. The molecule has 0 aliphatic carbocycles. The van der Waals surface area contributed by atoms with Gasteiger partial charge in [0.15, 0.2) is 5.96 Å². The number of hydrogen-bond donors (Lipinski definition) is 2. The van der Waals surface area contributed by atoms with E-state index in [9.17, 15) is 4.79 Å². The molecule has 21 heavy (non-hydrogen) atoms. The molecule has 0 spiro atoms. The highest BCUT2D eigenvalue weighted by Crippen LogP contribution is 2.22. The molecule has 1 aromatic rings. The van der Waals surface area contributed by atoms with Crippen LogP contribution in [0, 0.1) is 0 Å². The van der Waals surface area contributed by atoms with E-state index in [1.165, 1.54) is 11.1 Å². The first-order valence-electron chi connectivity index (χ1n) is 6.97. The Morgan fingerprint density at radius 1 is 1.29 bits per heavy atom. The van der Waals surface area contributed by atoms with Crippen LogP contribution in [0.2, 0.25) is 0 Å². The van der Waals surface area contributed by atoms with Crippen molar-refractivity contribution >= 4 is 35.8 Å². The molecule has 1 aliphatic heterocycles. The molecule has 5 nitrogen and oxygen atoms in total. The zero-order valence-corrected chi connectivity index (χ0v) is 14.9. The quantitative estimate of drug-likeness (QED) is 0.349. The molecular weight excluding hydrogens is 379 g/mol. The molecule has 6 heteroatoms. The van der Waals surface area contributed by atoms with Crippen LogP contribution in [0.4, 0.5) is 0 Å². The highest BCUT2D eigenvalue weighted by Gasteiger charge is 2.21. The van der Waals surface area contributed by atoms with Gasteiger partial charge in [0.05, 0.1) is 0 Å². The van der Waals surface area contributed by atoms with Gasteiger partial charge < -0.3 is 15.5 Å². The number of carbonyl (C=O) groups excluding carboxylic acids is 1. The molecule has 0 bridgehead atoms. The lowest BCUT2D eigenvalue weighted by molar-refractivity contribution is -0.131. The summed E-state index contributed by atoms with van der Waals surface area (Å²) in [4.78, 5) is 18.1. The van der Waals surface area contributed by atoms with Crippen LogP contribution in [0.25, 0.3) is 0 Å². The minimum absolute atomic E-state index is 0. The smallest absolute Gasteiger partial charge is 0.223 e. The fraction of sp³-hybridized carbons (Fsp3) is 0.467. The van der Waals surface area contributed by atoms with Gasteiger partial charge in [0, 0.05) is 40.2 Å². The van der Waals surface area contributed by atoms with Gasteiger partial charge in [0.2, 0.25) is 5.91 Å². The van der Waals surface area contributed by atoms with Gasteiger partial charge in [0.25, 0.3) is 0 Å². The first kappa shape index (κ1) is 17.7. The molecule has 0 saturated heterocycles. The molecule has 1 heterocycles. The highest BCUT2D eigenvalue weighted by molar-refractivity contribution is 14.0. The summed E-state index contributed by atoms with van der Waals surface area (Å²) in [7, 11) is 3.55. The van der Waals surface area contributed by atoms with Gasteiger partial charge in [-0.1, -0.05) is 24.3 Å². The Bertz CT molecular complexity index is 479. The van der Waals surface area contributed by atoms with Crippen molar-refractivity contribution in [2.45, 2.75) is 25.9 Å². The zero-order valence-electron chi connectivity index (χ0n) is 12.6. The molecule has 0 aromatic heterocycles. The van der Waals surface area contributed by atoms with Gasteiger partial charge in [-0.25, -0.2) is 0 Å². The Hall–Kier alpha value is -1.31. The van der Waals surface area contributed by atoms with E-state index >= 15 is 0 Å². The molecule has 0 unspecified atom stereocenters. The first-order chi connectivity index (χ1) is 9.74. The SMILES string of the molecule is CN=C(NC)NCCCC(=O)N1Cc2ccccc2C1.I. The average molecular weight is 402 g/mol. The van der Waals surface area contributed by atoms with Crippen molar-refractivity contribution < 1.29 is 4.79 Å². The van der Waals surface area contributed by atoms with Crippen LogP contribution in [0.1, 0.15) is 24.0 Å². The third kappa shape index (κ3) is 4.87. The predicted octanol–water partition coefficient (Wildman–Crippen LogP) is 1.72. The highest BCUT2D eigenvalue weighted by atomic mass is 127. The van der Waals surface area contributed by atoms with Crippen LogP contribution in [0.5, 0.6) is 0 Å². The third-order valence-electron chi connectivity index (χ3n) is 3.51. The molecule has 1 aliphatic rings. The van der Waals surface area contributed by atoms with E-state index in [0.717, 1.165) is 32.0 Å². The predicted molar refractivity (Wildman–Crippen MR) is 95.8 cm³/mol. The van der Waals surface area contributed by atoms with E-state index in [0.29, 0.717) is 6.42 Å². The van der Waals surface area contributed by atoms with Gasteiger partial charge in [-0.2, -0.15) is 0 Å². The number of rotatable bonds is 4. The van der Waals surface area contributed by atoms with E-state index in [-0.39, 0.29) is 29.9 Å². The number of aliphatic imine (C=N–C) groups is 1. The minimum atomic E-state index is 0. The summed E-state index contributed by atoms with van der Waals surface area (Å²) in [6.07, 6.45) is 1.38.